The van der Waals surface area contributed by atoms with Gasteiger partial charge in [-0.2, -0.15) is 17.6 Å². The molecule has 1 aromatic carbocycles. The fourth-order valence-electron chi connectivity index (χ4n) is 3.96. The van der Waals surface area contributed by atoms with E-state index < -0.39 is 76.1 Å². The predicted octanol–water partition coefficient (Wildman–Crippen LogP) is 3.68. The number of nitrogens with two attached hydrogens (primary N) is 1. The normalized spacial score (nSPS) is 24.7. The van der Waals surface area contributed by atoms with E-state index in [1.807, 2.05) is 0 Å². The first-order valence-electron chi connectivity index (χ1n) is 9.76. The predicted molar refractivity (Wildman–Crippen MR) is 105 cm³/mol. The molecule has 184 valence electrons. The van der Waals surface area contributed by atoms with Gasteiger partial charge in [-0.1, -0.05) is 13.0 Å². The molecule has 1 fully saturated rings. The second-order valence-corrected chi connectivity index (χ2v) is 7.82. The summed E-state index contributed by atoms with van der Waals surface area (Å²) in [5, 5.41) is 2.06. The Kier molecular flexibility index (Phi) is 6.53. The largest absolute Gasteiger partial charge is 0.493 e. The molecule has 3 N–H and O–H groups in total. The van der Waals surface area contributed by atoms with Crippen molar-refractivity contribution in [2.45, 2.75) is 37.6 Å². The molecule has 0 aliphatic carbocycles. The molecule has 13 heteroatoms. The van der Waals surface area contributed by atoms with Gasteiger partial charge in [-0.25, -0.2) is 13.8 Å². The monoisotopic (exact) mass is 491 g/mol. The number of rotatable bonds is 5. The molecule has 1 aliphatic rings. The number of halogens is 6. The van der Waals surface area contributed by atoms with Crippen molar-refractivity contribution in [3.05, 3.63) is 53.1 Å². The van der Waals surface area contributed by atoms with Crippen molar-refractivity contribution in [2.24, 2.45) is 11.7 Å². The fraction of sp³-hybridized carbons (Fsp3) is 0.381. The van der Waals surface area contributed by atoms with Crippen LogP contribution in [0.1, 0.15) is 35.8 Å². The molecule has 7 nitrogen and oxygen atoms in total. The van der Waals surface area contributed by atoms with E-state index in [9.17, 15) is 35.9 Å². The van der Waals surface area contributed by atoms with Gasteiger partial charge in [0, 0.05) is 23.6 Å². The third-order valence-corrected chi connectivity index (χ3v) is 5.95. The highest BCUT2D eigenvalue weighted by Gasteiger charge is 2.66. The number of pyridine rings is 1. The molecule has 3 rings (SSSR count). The first-order chi connectivity index (χ1) is 15.7. The van der Waals surface area contributed by atoms with Crippen LogP contribution in [0.2, 0.25) is 0 Å². The molecular weight excluding hydrogens is 472 g/mol. The van der Waals surface area contributed by atoms with Gasteiger partial charge in [-0.3, -0.25) is 9.59 Å². The Labute approximate surface area is 189 Å². The van der Waals surface area contributed by atoms with E-state index in [0.29, 0.717) is 13.0 Å². The molecule has 0 bridgehead atoms. The van der Waals surface area contributed by atoms with Crippen molar-refractivity contribution < 1.29 is 45.4 Å². The van der Waals surface area contributed by atoms with E-state index in [2.05, 4.69) is 10.3 Å². The minimum Gasteiger partial charge on any atom is -0.493 e. The third kappa shape index (κ3) is 4.04. The zero-order valence-corrected chi connectivity index (χ0v) is 18.0. The third-order valence-electron chi connectivity index (χ3n) is 5.95. The van der Waals surface area contributed by atoms with Crippen molar-refractivity contribution in [3.63, 3.8) is 0 Å². The highest BCUT2D eigenvalue weighted by atomic mass is 19.4. The number of benzene rings is 1. The molecule has 34 heavy (non-hydrogen) atoms. The van der Waals surface area contributed by atoms with Gasteiger partial charge in [0.25, 0.3) is 11.8 Å². The molecule has 2 aromatic rings. The van der Waals surface area contributed by atoms with Crippen molar-refractivity contribution in [3.8, 4) is 5.75 Å². The average molecular weight is 491 g/mol. The molecule has 0 unspecified atom stereocenters. The first kappa shape index (κ1) is 25.3. The summed E-state index contributed by atoms with van der Waals surface area (Å²) in [7, 11) is 0.984. The van der Waals surface area contributed by atoms with Crippen LogP contribution in [-0.4, -0.2) is 41.8 Å². The van der Waals surface area contributed by atoms with Gasteiger partial charge in [0.1, 0.15) is 6.10 Å². The summed E-state index contributed by atoms with van der Waals surface area (Å²) in [4.78, 5) is 27.8. The average Bonchev–Trinajstić information content (AvgIpc) is 3.03. The standard InChI is InChI=1S/C21H19F6N3O4/c1-8-12(9-4-5-10(22)13(23)16(9)33-3)17(34-20(8,2)21(25,26)27)19(32)30-11-6-7-29-15(14(11)24)18(28)31/h4-8,12,17H,1-3H3,(H2,28,31)(H,29,30,32)/t8-,12+,17-,20-/m1/s1. The quantitative estimate of drug-likeness (QED) is 0.622. The number of alkyl halides is 3. The number of hydrogen-bond donors (Lipinski definition) is 2. The highest BCUT2D eigenvalue weighted by Crippen LogP contribution is 2.55. The van der Waals surface area contributed by atoms with Crippen LogP contribution in [0.3, 0.4) is 0 Å². The zero-order chi connectivity index (χ0) is 25.6. The molecule has 2 heterocycles. The molecular formula is C21H19F6N3O4. The summed E-state index contributed by atoms with van der Waals surface area (Å²) in [5.74, 6) is -10.2. The Hall–Kier alpha value is -3.35. The number of anilines is 1. The van der Waals surface area contributed by atoms with Gasteiger partial charge in [0.05, 0.1) is 12.8 Å². The number of aromatic nitrogens is 1. The minimum absolute atomic E-state index is 0.255. The Balaban J connectivity index is 2.11. The summed E-state index contributed by atoms with van der Waals surface area (Å²) in [6.07, 6.45) is -5.95. The van der Waals surface area contributed by atoms with Gasteiger partial charge in [-0.15, -0.1) is 0 Å². The molecule has 2 amide bonds. The SMILES string of the molecule is COc1c([C@@H]2[C@@H](C)[C@](C)(C(F)(F)F)O[C@H]2C(=O)Nc2ccnc(C(N)=O)c2F)ccc(F)c1F. The fourth-order valence-corrected chi connectivity index (χ4v) is 3.96. The second-order valence-electron chi connectivity index (χ2n) is 7.82. The maximum Gasteiger partial charge on any atom is 0.417 e. The molecule has 1 aromatic heterocycles. The summed E-state index contributed by atoms with van der Waals surface area (Å²) in [6, 6.07) is 2.62. The molecule has 0 radical (unpaired) electrons. The number of carbonyl (C=O) groups excluding carboxylic acids is 2. The topological polar surface area (TPSA) is 104 Å². The van der Waals surface area contributed by atoms with E-state index in [1.165, 1.54) is 0 Å². The maximum atomic E-state index is 14.5. The van der Waals surface area contributed by atoms with Crippen molar-refractivity contribution in [2.75, 3.05) is 12.4 Å². The van der Waals surface area contributed by atoms with Gasteiger partial charge in [0.2, 0.25) is 5.82 Å². The van der Waals surface area contributed by atoms with E-state index in [0.717, 1.165) is 32.4 Å². The number of carbonyl (C=O) groups is 2. The highest BCUT2D eigenvalue weighted by molar-refractivity contribution is 5.97. The Morgan fingerprint density at radius 2 is 1.82 bits per heavy atom. The number of ether oxygens (including phenoxy) is 2. The Morgan fingerprint density at radius 1 is 1.18 bits per heavy atom. The van der Waals surface area contributed by atoms with Crippen molar-refractivity contribution in [1.29, 1.82) is 0 Å². The van der Waals surface area contributed by atoms with Crippen LogP contribution in [-0.2, 0) is 9.53 Å². The summed E-state index contributed by atoms with van der Waals surface area (Å²) in [5.41, 5.74) is 0.468. The summed E-state index contributed by atoms with van der Waals surface area (Å²) < 4.78 is 94.5. The van der Waals surface area contributed by atoms with Crippen molar-refractivity contribution in [1.82, 2.24) is 4.98 Å². The van der Waals surface area contributed by atoms with Gasteiger partial charge >= 0.3 is 6.18 Å². The van der Waals surface area contributed by atoms with Crippen LogP contribution in [0.15, 0.2) is 24.4 Å². The molecule has 0 spiro atoms. The smallest absolute Gasteiger partial charge is 0.417 e. The van der Waals surface area contributed by atoms with Crippen LogP contribution in [0.4, 0.5) is 32.0 Å². The lowest BCUT2D eigenvalue weighted by Crippen LogP contribution is -2.47. The molecule has 1 saturated heterocycles. The van der Waals surface area contributed by atoms with Crippen LogP contribution in [0, 0.1) is 23.4 Å². The Bertz CT molecular complexity index is 1140. The van der Waals surface area contributed by atoms with E-state index in [1.54, 1.807) is 0 Å². The lowest BCUT2D eigenvalue weighted by molar-refractivity contribution is -0.272. The van der Waals surface area contributed by atoms with Crippen LogP contribution < -0.4 is 15.8 Å². The number of primary amides is 1. The summed E-state index contributed by atoms with van der Waals surface area (Å²) >= 11 is 0. The van der Waals surface area contributed by atoms with Crippen LogP contribution >= 0.6 is 0 Å². The van der Waals surface area contributed by atoms with Crippen LogP contribution in [0.5, 0.6) is 5.75 Å². The van der Waals surface area contributed by atoms with Gasteiger partial charge in [-0.05, 0) is 19.1 Å². The molecule has 1 aliphatic heterocycles. The number of amides is 2. The second kappa shape index (κ2) is 8.78. The number of nitrogens with zero attached hydrogens (tertiary/aromatic N) is 1. The maximum absolute atomic E-state index is 14.5. The van der Waals surface area contributed by atoms with E-state index >= 15 is 0 Å². The Morgan fingerprint density at radius 3 is 2.38 bits per heavy atom. The van der Waals surface area contributed by atoms with Crippen molar-refractivity contribution >= 4 is 17.5 Å². The van der Waals surface area contributed by atoms with Crippen LogP contribution in [0.25, 0.3) is 0 Å². The number of methoxy groups -OCH3 is 1. The van der Waals surface area contributed by atoms with E-state index in [-0.39, 0.29) is 5.56 Å². The lowest BCUT2D eigenvalue weighted by atomic mass is 9.77. The molecule has 4 atom stereocenters. The lowest BCUT2D eigenvalue weighted by Gasteiger charge is -2.32. The number of nitrogens with one attached hydrogen (secondary N) is 1. The minimum atomic E-state index is -4.97. The zero-order valence-electron chi connectivity index (χ0n) is 18.0. The van der Waals surface area contributed by atoms with E-state index in [4.69, 9.17) is 15.2 Å². The first-order valence-corrected chi connectivity index (χ1v) is 9.76. The molecule has 0 saturated carbocycles. The van der Waals surface area contributed by atoms with Gasteiger partial charge in [0.15, 0.2) is 28.7 Å². The number of hydrogen-bond acceptors (Lipinski definition) is 5. The summed E-state index contributed by atoms with van der Waals surface area (Å²) in [6.45, 7) is 1.84. The van der Waals surface area contributed by atoms with Gasteiger partial charge < -0.3 is 20.5 Å².